The lowest BCUT2D eigenvalue weighted by Crippen LogP contribution is -2.28. The molecule has 2 bridgehead atoms. The van der Waals surface area contributed by atoms with Gasteiger partial charge in [0.1, 0.15) is 0 Å². The van der Waals surface area contributed by atoms with Crippen LogP contribution < -0.4 is 0 Å². The minimum absolute atomic E-state index is 0.271. The van der Waals surface area contributed by atoms with Crippen LogP contribution in [0.5, 0.6) is 0 Å². The summed E-state index contributed by atoms with van der Waals surface area (Å²) in [4.78, 5) is 13.5. The number of carbonyl (C=O) groups is 1. The Hall–Kier alpha value is -0.790. The van der Waals surface area contributed by atoms with Crippen LogP contribution in [0.2, 0.25) is 0 Å². The Balaban J connectivity index is 1.88. The lowest BCUT2D eigenvalue weighted by molar-refractivity contribution is -0.128. The van der Waals surface area contributed by atoms with E-state index in [-0.39, 0.29) is 5.91 Å². The van der Waals surface area contributed by atoms with Crippen LogP contribution in [0.25, 0.3) is 0 Å². The second kappa shape index (κ2) is 3.35. The summed E-state index contributed by atoms with van der Waals surface area (Å²) in [5.41, 5.74) is 3.31. The van der Waals surface area contributed by atoms with E-state index in [0.29, 0.717) is 0 Å². The molecule has 0 aromatic rings. The smallest absolute Gasteiger partial charge is 0.219 e. The average molecular weight is 219 g/mol. The van der Waals surface area contributed by atoms with Gasteiger partial charge in [-0.05, 0) is 50.4 Å². The van der Waals surface area contributed by atoms with Crippen LogP contribution >= 0.6 is 0 Å². The molecule has 0 aromatic carbocycles. The van der Waals surface area contributed by atoms with Crippen LogP contribution in [-0.4, -0.2) is 23.9 Å². The molecule has 3 aliphatic rings. The van der Waals surface area contributed by atoms with Gasteiger partial charge < -0.3 is 4.90 Å². The molecule has 1 aliphatic heterocycles. The molecular weight excluding hydrogens is 198 g/mol. The van der Waals surface area contributed by atoms with Crippen LogP contribution in [-0.2, 0) is 4.79 Å². The molecule has 2 heteroatoms. The Bertz CT molecular complexity index is 345. The van der Waals surface area contributed by atoms with Gasteiger partial charge in [0.15, 0.2) is 0 Å². The molecule has 1 amide bonds. The lowest BCUT2D eigenvalue weighted by atomic mass is 9.82. The number of carbonyl (C=O) groups excluding carboxylic acids is 1. The molecule has 0 aromatic heterocycles. The summed E-state index contributed by atoms with van der Waals surface area (Å²) in [6, 6.07) is 0. The summed E-state index contributed by atoms with van der Waals surface area (Å²) in [6.45, 7) is 8.30. The predicted octanol–water partition coefficient (Wildman–Crippen LogP) is 2.46. The second-order valence-corrected chi connectivity index (χ2v) is 6.00. The number of rotatable bonds is 0. The highest BCUT2D eigenvalue weighted by Gasteiger charge is 2.55. The number of nitrogens with zero attached hydrogens (tertiary/aromatic N) is 1. The van der Waals surface area contributed by atoms with Crippen LogP contribution in [0.3, 0.4) is 0 Å². The van der Waals surface area contributed by atoms with Gasteiger partial charge in [-0.15, -0.1) is 0 Å². The van der Waals surface area contributed by atoms with E-state index >= 15 is 0 Å². The van der Waals surface area contributed by atoms with Gasteiger partial charge in [0.2, 0.25) is 5.91 Å². The topological polar surface area (TPSA) is 20.3 Å². The van der Waals surface area contributed by atoms with Crippen molar-refractivity contribution < 1.29 is 4.79 Å². The van der Waals surface area contributed by atoms with Gasteiger partial charge >= 0.3 is 0 Å². The van der Waals surface area contributed by atoms with E-state index in [9.17, 15) is 4.79 Å². The molecule has 16 heavy (non-hydrogen) atoms. The Morgan fingerprint density at radius 2 is 1.56 bits per heavy atom. The minimum atomic E-state index is 0.271. The van der Waals surface area contributed by atoms with Crippen LogP contribution in [0, 0.1) is 23.7 Å². The van der Waals surface area contributed by atoms with Crippen molar-refractivity contribution in [1.82, 2.24) is 4.90 Å². The molecule has 1 saturated heterocycles. The van der Waals surface area contributed by atoms with Crippen molar-refractivity contribution in [3.05, 3.63) is 11.1 Å². The van der Waals surface area contributed by atoms with E-state index in [1.165, 1.54) is 12.8 Å². The summed E-state index contributed by atoms with van der Waals surface area (Å²) < 4.78 is 0. The largest absolute Gasteiger partial charge is 0.342 e. The maximum Gasteiger partial charge on any atom is 0.219 e. The fourth-order valence-corrected chi connectivity index (χ4v) is 4.54. The Labute approximate surface area is 97.7 Å². The van der Waals surface area contributed by atoms with Gasteiger partial charge in [-0.3, -0.25) is 4.79 Å². The average Bonchev–Trinajstić information content (AvgIpc) is 2.86. The summed E-state index contributed by atoms with van der Waals surface area (Å²) in [5.74, 6) is 3.46. The molecule has 88 valence electrons. The maximum atomic E-state index is 11.4. The molecule has 0 radical (unpaired) electrons. The quantitative estimate of drug-likeness (QED) is 0.573. The third-order valence-electron chi connectivity index (χ3n) is 5.06. The normalized spacial score (nSPS) is 40.4. The van der Waals surface area contributed by atoms with Gasteiger partial charge in [-0.1, -0.05) is 11.1 Å². The molecule has 1 heterocycles. The van der Waals surface area contributed by atoms with Gasteiger partial charge in [-0.25, -0.2) is 0 Å². The molecule has 2 nitrogen and oxygen atoms in total. The Morgan fingerprint density at radius 3 is 1.94 bits per heavy atom. The van der Waals surface area contributed by atoms with Crippen molar-refractivity contribution in [2.45, 2.75) is 33.6 Å². The monoisotopic (exact) mass is 219 g/mol. The van der Waals surface area contributed by atoms with E-state index in [2.05, 4.69) is 18.7 Å². The summed E-state index contributed by atoms with van der Waals surface area (Å²) in [7, 11) is 0. The Morgan fingerprint density at radius 1 is 1.06 bits per heavy atom. The standard InChI is InChI=1S/C14H21NO/c1-8(2)14-10-4-5-11(14)13-7-15(9(3)16)6-12(10)13/h10-13H,4-7H2,1-3H3/t10-,11+,12-,13+. The highest BCUT2D eigenvalue weighted by molar-refractivity contribution is 5.73. The second-order valence-electron chi connectivity index (χ2n) is 6.00. The third kappa shape index (κ3) is 1.22. The molecule has 3 fully saturated rings. The summed E-state index contributed by atoms with van der Waals surface area (Å²) >= 11 is 0. The molecule has 0 spiro atoms. The first-order valence-corrected chi connectivity index (χ1v) is 6.52. The fraction of sp³-hybridized carbons (Fsp3) is 0.786. The molecule has 0 N–H and O–H groups in total. The predicted molar refractivity (Wildman–Crippen MR) is 63.8 cm³/mol. The summed E-state index contributed by atoms with van der Waals surface area (Å²) in [5, 5.41) is 0. The molecule has 4 atom stereocenters. The van der Waals surface area contributed by atoms with Crippen LogP contribution in [0.1, 0.15) is 33.6 Å². The van der Waals surface area contributed by atoms with E-state index in [0.717, 1.165) is 36.8 Å². The zero-order valence-corrected chi connectivity index (χ0v) is 10.5. The third-order valence-corrected chi connectivity index (χ3v) is 5.06. The number of fused-ring (bicyclic) bond motifs is 5. The highest BCUT2D eigenvalue weighted by Crippen LogP contribution is 2.59. The number of amides is 1. The number of likely N-dealkylation sites (tertiary alicyclic amines) is 1. The van der Waals surface area contributed by atoms with E-state index in [1.54, 1.807) is 18.1 Å². The number of allylic oxidation sites excluding steroid dienone is 2. The Kier molecular flexibility index (Phi) is 2.17. The van der Waals surface area contributed by atoms with Crippen molar-refractivity contribution in [3.63, 3.8) is 0 Å². The number of hydrogen-bond acceptors (Lipinski definition) is 1. The van der Waals surface area contributed by atoms with Crippen molar-refractivity contribution in [3.8, 4) is 0 Å². The van der Waals surface area contributed by atoms with Gasteiger partial charge in [-0.2, -0.15) is 0 Å². The zero-order chi connectivity index (χ0) is 11.4. The summed E-state index contributed by atoms with van der Waals surface area (Å²) in [6.07, 6.45) is 2.75. The lowest BCUT2D eigenvalue weighted by Gasteiger charge is -2.21. The first kappa shape index (κ1) is 10.4. The molecule has 3 rings (SSSR count). The van der Waals surface area contributed by atoms with Crippen LogP contribution in [0.15, 0.2) is 11.1 Å². The van der Waals surface area contributed by atoms with Crippen LogP contribution in [0.4, 0.5) is 0 Å². The molecule has 0 unspecified atom stereocenters. The van der Waals surface area contributed by atoms with Gasteiger partial charge in [0.25, 0.3) is 0 Å². The van der Waals surface area contributed by atoms with Gasteiger partial charge in [0.05, 0.1) is 0 Å². The minimum Gasteiger partial charge on any atom is -0.342 e. The SMILES string of the molecule is CC(=O)N1C[C@@H]2[C@H](C1)[C@H]1CC[C@@H]2C1=C(C)C. The maximum absolute atomic E-state index is 11.4. The van der Waals surface area contributed by atoms with Crippen molar-refractivity contribution in [2.75, 3.05) is 13.1 Å². The zero-order valence-electron chi connectivity index (χ0n) is 10.5. The fourth-order valence-electron chi connectivity index (χ4n) is 4.54. The van der Waals surface area contributed by atoms with E-state index in [1.807, 2.05) is 0 Å². The molecule has 2 aliphatic carbocycles. The van der Waals surface area contributed by atoms with Crippen molar-refractivity contribution in [2.24, 2.45) is 23.7 Å². The highest BCUT2D eigenvalue weighted by atomic mass is 16.2. The molecular formula is C14H21NO. The van der Waals surface area contributed by atoms with Crippen molar-refractivity contribution >= 4 is 5.91 Å². The van der Waals surface area contributed by atoms with Gasteiger partial charge in [0, 0.05) is 20.0 Å². The first-order valence-electron chi connectivity index (χ1n) is 6.52. The number of hydrogen-bond donors (Lipinski definition) is 0. The van der Waals surface area contributed by atoms with E-state index < -0.39 is 0 Å². The van der Waals surface area contributed by atoms with E-state index in [4.69, 9.17) is 0 Å². The van der Waals surface area contributed by atoms with Crippen molar-refractivity contribution in [1.29, 1.82) is 0 Å². The first-order chi connectivity index (χ1) is 7.59. The molecule has 2 saturated carbocycles.